The van der Waals surface area contributed by atoms with Gasteiger partial charge in [0.1, 0.15) is 0 Å². The number of hydrogen-bond acceptors (Lipinski definition) is 4. The fourth-order valence-corrected chi connectivity index (χ4v) is 1.91. The minimum Gasteiger partial charge on any atom is -0.388 e. The van der Waals surface area contributed by atoms with Gasteiger partial charge in [-0.05, 0) is 19.9 Å². The highest BCUT2D eigenvalue weighted by molar-refractivity contribution is 5.87. The van der Waals surface area contributed by atoms with Crippen molar-refractivity contribution in [3.8, 4) is 0 Å². The fourth-order valence-electron chi connectivity index (χ4n) is 1.91. The van der Waals surface area contributed by atoms with Crippen molar-refractivity contribution in [2.75, 3.05) is 33.9 Å². The van der Waals surface area contributed by atoms with Gasteiger partial charge in [0.2, 0.25) is 0 Å². The molecule has 4 heteroatoms. The molecule has 0 saturated carbocycles. The molecule has 0 aromatic carbocycles. The third-order valence-electron chi connectivity index (χ3n) is 2.89. The molecule has 0 amide bonds. The summed E-state index contributed by atoms with van der Waals surface area (Å²) in [4.78, 5) is 7.79. The van der Waals surface area contributed by atoms with Crippen molar-refractivity contribution in [1.82, 2.24) is 4.90 Å². The zero-order valence-corrected chi connectivity index (χ0v) is 11.1. The maximum Gasteiger partial charge on any atom is 0.152 e. The molecule has 94 valence electrons. The van der Waals surface area contributed by atoms with Crippen molar-refractivity contribution in [2.45, 2.75) is 32.8 Å². The van der Waals surface area contributed by atoms with Crippen molar-refractivity contribution in [3.05, 3.63) is 0 Å². The lowest BCUT2D eigenvalue weighted by Gasteiger charge is -2.27. The molecule has 0 saturated heterocycles. The minimum atomic E-state index is -0.165. The normalized spacial score (nSPS) is 25.1. The number of likely N-dealkylation sites (N-methyl/N-ethyl adjacent to an activating group) is 1. The molecule has 0 aromatic heterocycles. The monoisotopic (exact) mass is 228 g/mol. The summed E-state index contributed by atoms with van der Waals surface area (Å²) in [7, 11) is 3.81. The van der Waals surface area contributed by atoms with Gasteiger partial charge in [-0.25, -0.2) is 0 Å². The van der Waals surface area contributed by atoms with Crippen LogP contribution in [0.1, 0.15) is 27.2 Å². The zero-order chi connectivity index (χ0) is 12.2. The van der Waals surface area contributed by atoms with Crippen LogP contribution in [0.25, 0.3) is 0 Å². The molecule has 0 aliphatic carbocycles. The zero-order valence-electron chi connectivity index (χ0n) is 11.1. The van der Waals surface area contributed by atoms with E-state index in [2.05, 4.69) is 37.9 Å². The first-order chi connectivity index (χ1) is 7.47. The Labute approximate surface area is 98.6 Å². The first-order valence-corrected chi connectivity index (χ1v) is 5.89. The number of methoxy groups -OCH3 is 1. The van der Waals surface area contributed by atoms with Crippen LogP contribution >= 0.6 is 0 Å². The Morgan fingerprint density at radius 1 is 1.56 bits per heavy atom. The second kappa shape index (κ2) is 5.64. The molecule has 0 bridgehead atoms. The molecule has 0 fully saturated rings. The van der Waals surface area contributed by atoms with Gasteiger partial charge in [-0.1, -0.05) is 19.0 Å². The maximum atomic E-state index is 5.57. The van der Waals surface area contributed by atoms with Gasteiger partial charge in [0.15, 0.2) is 5.60 Å². The van der Waals surface area contributed by atoms with E-state index in [1.807, 2.05) is 0 Å². The van der Waals surface area contributed by atoms with Gasteiger partial charge in [-0.3, -0.25) is 0 Å². The third-order valence-corrected chi connectivity index (χ3v) is 2.89. The lowest BCUT2D eigenvalue weighted by Crippen LogP contribution is -2.40. The second-order valence-electron chi connectivity index (χ2n) is 5.19. The summed E-state index contributed by atoms with van der Waals surface area (Å²) in [6, 6.07) is 0. The molecule has 1 aliphatic heterocycles. The van der Waals surface area contributed by atoms with E-state index in [1.165, 1.54) is 5.71 Å². The van der Waals surface area contributed by atoms with E-state index in [0.29, 0.717) is 5.92 Å². The molecular formula is C12H24N2O2. The van der Waals surface area contributed by atoms with Crippen LogP contribution < -0.4 is 0 Å². The lowest BCUT2D eigenvalue weighted by molar-refractivity contribution is -0.0270. The van der Waals surface area contributed by atoms with Gasteiger partial charge in [-0.2, -0.15) is 0 Å². The predicted octanol–water partition coefficient (Wildman–Crippen LogP) is 1.76. The van der Waals surface area contributed by atoms with Crippen LogP contribution in [0, 0.1) is 5.92 Å². The highest BCUT2D eigenvalue weighted by atomic mass is 16.7. The second-order valence-corrected chi connectivity index (χ2v) is 5.19. The summed E-state index contributed by atoms with van der Waals surface area (Å²) in [6.45, 7) is 8.99. The molecule has 1 atom stereocenters. The molecule has 1 aliphatic rings. The van der Waals surface area contributed by atoms with Crippen LogP contribution in [0.4, 0.5) is 0 Å². The maximum absolute atomic E-state index is 5.57. The van der Waals surface area contributed by atoms with E-state index in [9.17, 15) is 0 Å². The molecule has 0 radical (unpaired) electrons. The van der Waals surface area contributed by atoms with E-state index < -0.39 is 0 Å². The topological polar surface area (TPSA) is 34.1 Å². The summed E-state index contributed by atoms with van der Waals surface area (Å²) in [6.07, 6.45) is 0.933. The summed E-state index contributed by atoms with van der Waals surface area (Å²) >= 11 is 0. The minimum absolute atomic E-state index is 0.165. The fraction of sp³-hybridized carbons (Fsp3) is 0.917. The first kappa shape index (κ1) is 13.5. The van der Waals surface area contributed by atoms with Gasteiger partial charge in [0.05, 0.1) is 12.3 Å². The Kier molecular flexibility index (Phi) is 4.74. The largest absolute Gasteiger partial charge is 0.388 e. The molecule has 0 N–H and O–H groups in total. The van der Waals surface area contributed by atoms with Gasteiger partial charge < -0.3 is 14.5 Å². The van der Waals surface area contributed by atoms with Crippen molar-refractivity contribution in [3.63, 3.8) is 0 Å². The third kappa shape index (κ3) is 3.76. The molecule has 0 aromatic rings. The smallest absolute Gasteiger partial charge is 0.152 e. The number of rotatable bonds is 6. The Morgan fingerprint density at radius 3 is 2.75 bits per heavy atom. The van der Waals surface area contributed by atoms with Crippen molar-refractivity contribution in [1.29, 1.82) is 0 Å². The van der Waals surface area contributed by atoms with E-state index >= 15 is 0 Å². The molecule has 16 heavy (non-hydrogen) atoms. The Morgan fingerprint density at radius 2 is 2.25 bits per heavy atom. The highest BCUT2D eigenvalue weighted by Crippen LogP contribution is 2.26. The summed E-state index contributed by atoms with van der Waals surface area (Å²) in [5, 5.41) is 4.18. The molecule has 1 heterocycles. The van der Waals surface area contributed by atoms with Gasteiger partial charge in [0.25, 0.3) is 0 Å². The van der Waals surface area contributed by atoms with E-state index in [4.69, 9.17) is 9.57 Å². The van der Waals surface area contributed by atoms with Crippen LogP contribution in [-0.2, 0) is 9.57 Å². The predicted molar refractivity (Wildman–Crippen MR) is 65.8 cm³/mol. The van der Waals surface area contributed by atoms with Crippen LogP contribution in [0.2, 0.25) is 0 Å². The van der Waals surface area contributed by atoms with E-state index in [1.54, 1.807) is 7.11 Å². The average Bonchev–Trinajstić information content (AvgIpc) is 2.57. The Hall–Kier alpha value is -0.610. The van der Waals surface area contributed by atoms with E-state index in [0.717, 1.165) is 26.1 Å². The van der Waals surface area contributed by atoms with Gasteiger partial charge >= 0.3 is 0 Å². The number of hydrogen-bond donors (Lipinski definition) is 0. The van der Waals surface area contributed by atoms with Gasteiger partial charge in [0, 0.05) is 26.6 Å². The number of ether oxygens (including phenoxy) is 1. The van der Waals surface area contributed by atoms with Crippen molar-refractivity contribution in [2.24, 2.45) is 11.1 Å². The van der Waals surface area contributed by atoms with Crippen molar-refractivity contribution < 1.29 is 9.57 Å². The van der Waals surface area contributed by atoms with Crippen LogP contribution in [0.3, 0.4) is 0 Å². The van der Waals surface area contributed by atoms with Crippen LogP contribution in [0.5, 0.6) is 0 Å². The molecule has 4 nitrogen and oxygen atoms in total. The molecule has 0 spiro atoms. The highest BCUT2D eigenvalue weighted by Gasteiger charge is 2.35. The Balaban J connectivity index is 2.38. The van der Waals surface area contributed by atoms with Gasteiger partial charge in [-0.15, -0.1) is 0 Å². The van der Waals surface area contributed by atoms with Crippen LogP contribution in [0.15, 0.2) is 5.16 Å². The Bertz CT molecular complexity index is 253. The molecule has 1 unspecified atom stereocenters. The van der Waals surface area contributed by atoms with Crippen LogP contribution in [-0.4, -0.2) is 50.1 Å². The number of nitrogens with zero attached hydrogens (tertiary/aromatic N) is 2. The molecular weight excluding hydrogens is 204 g/mol. The quantitative estimate of drug-likeness (QED) is 0.694. The first-order valence-electron chi connectivity index (χ1n) is 5.89. The summed E-state index contributed by atoms with van der Waals surface area (Å²) < 4.78 is 5.06. The van der Waals surface area contributed by atoms with Crippen molar-refractivity contribution >= 4 is 5.71 Å². The van der Waals surface area contributed by atoms with E-state index in [-0.39, 0.29) is 5.60 Å². The number of oxime groups is 1. The SMILES string of the molecule is COCCN(C)CC1(C)CC(C(C)C)=NO1. The summed E-state index contributed by atoms with van der Waals surface area (Å²) in [5.74, 6) is 0.478. The standard InChI is InChI=1S/C12H24N2O2/c1-10(2)11-8-12(3,16-13-11)9-14(4)6-7-15-5/h10H,6-9H2,1-5H3. The summed E-state index contributed by atoms with van der Waals surface area (Å²) in [5.41, 5.74) is 1.00. The molecule has 1 rings (SSSR count). The average molecular weight is 228 g/mol. The lowest BCUT2D eigenvalue weighted by atomic mass is 9.94.